The molecule has 0 bridgehead atoms. The maximum Gasteiger partial charge on any atom is 0.303 e. The van der Waals surface area contributed by atoms with Crippen LogP contribution in [0.3, 0.4) is 0 Å². The van der Waals surface area contributed by atoms with Crippen molar-refractivity contribution in [2.75, 3.05) is 72.6 Å². The summed E-state index contributed by atoms with van der Waals surface area (Å²) in [4.78, 5) is 154. The Bertz CT molecular complexity index is 1810. The van der Waals surface area contributed by atoms with Crippen molar-refractivity contribution in [2.45, 2.75) is 87.6 Å². The highest BCUT2D eigenvalue weighted by atomic mass is 16.4. The number of carbonyl (C=O) groups excluding carboxylic acids is 11. The first-order valence-electron chi connectivity index (χ1n) is 21.8. The minimum Gasteiger partial charge on any atom is -0.481 e. The summed E-state index contributed by atoms with van der Waals surface area (Å²) >= 11 is 0. The van der Waals surface area contributed by atoms with Crippen molar-refractivity contribution in [1.29, 1.82) is 0 Å². The van der Waals surface area contributed by atoms with Crippen LogP contribution >= 0.6 is 0 Å². The number of hydrogen-bond donors (Lipinski definition) is 19. The average molecular weight is 1000 g/mol. The molecule has 70 heavy (non-hydrogen) atoms. The molecule has 396 valence electrons. The summed E-state index contributed by atoms with van der Waals surface area (Å²) < 4.78 is 0. The van der Waals surface area contributed by atoms with Crippen LogP contribution in [0, 0.1) is 0 Å². The van der Waals surface area contributed by atoms with E-state index in [0.717, 1.165) is 0 Å². The Morgan fingerprint density at radius 3 is 1.03 bits per heavy atom. The van der Waals surface area contributed by atoms with Gasteiger partial charge >= 0.3 is 5.97 Å². The van der Waals surface area contributed by atoms with Gasteiger partial charge in [-0.05, 0) is 65.1 Å². The Labute approximate surface area is 401 Å². The molecule has 6 atom stereocenters. The lowest BCUT2D eigenvalue weighted by Crippen LogP contribution is -2.55. The first-order chi connectivity index (χ1) is 33.1. The summed E-state index contributed by atoms with van der Waals surface area (Å²) in [5.41, 5.74) is 26.9. The molecule has 0 aliphatic carbocycles. The molecule has 0 saturated carbocycles. The minimum atomic E-state index is -1.52. The van der Waals surface area contributed by atoms with Gasteiger partial charge in [-0.25, -0.2) is 0 Å². The minimum absolute atomic E-state index is 0.00871. The number of aliphatic hydroxyl groups excluding tert-OH is 2. The molecular weight excluding hydrogens is 935 g/mol. The zero-order chi connectivity index (χ0) is 53.2. The molecule has 32 heteroatoms. The number of aliphatic imine (C=N–C) groups is 1. The van der Waals surface area contributed by atoms with Gasteiger partial charge in [-0.3, -0.25) is 62.5 Å². The topological polar surface area (TPSA) is 540 Å². The number of amides is 11. The van der Waals surface area contributed by atoms with Crippen LogP contribution < -0.4 is 87.2 Å². The summed E-state index contributed by atoms with van der Waals surface area (Å²) in [6.45, 7) is -4.58. The van der Waals surface area contributed by atoms with Gasteiger partial charge in [-0.2, -0.15) is 0 Å². The molecule has 0 aromatic rings. The third-order valence-electron chi connectivity index (χ3n) is 9.42. The molecule has 0 spiro atoms. The van der Waals surface area contributed by atoms with E-state index in [1.54, 1.807) is 0 Å². The molecule has 0 aliphatic heterocycles. The van der Waals surface area contributed by atoms with Gasteiger partial charge in [0.05, 0.1) is 45.9 Å². The highest BCUT2D eigenvalue weighted by molar-refractivity contribution is 5.96. The van der Waals surface area contributed by atoms with E-state index in [2.05, 4.69) is 63.5 Å². The fraction of sp³-hybridized carbons (Fsp3) is 0.658. The molecule has 0 aromatic heterocycles. The van der Waals surface area contributed by atoms with E-state index in [9.17, 15) is 62.6 Å². The molecule has 0 radical (unpaired) electrons. The van der Waals surface area contributed by atoms with Crippen LogP contribution in [-0.2, 0) is 57.5 Å². The molecule has 0 aliphatic rings. The lowest BCUT2D eigenvalue weighted by atomic mass is 10.1. The number of primary amides is 1. The second kappa shape index (κ2) is 35.8. The Hall–Kier alpha value is -7.29. The van der Waals surface area contributed by atoms with E-state index in [1.165, 1.54) is 7.05 Å². The van der Waals surface area contributed by atoms with Crippen LogP contribution in [0.1, 0.15) is 51.4 Å². The number of nitrogens with zero attached hydrogens (tertiary/aromatic N) is 1. The van der Waals surface area contributed by atoms with Gasteiger partial charge < -0.3 is 102 Å². The van der Waals surface area contributed by atoms with E-state index in [1.807, 2.05) is 0 Å². The summed E-state index contributed by atoms with van der Waals surface area (Å²) in [7, 11) is 1.42. The zero-order valence-corrected chi connectivity index (χ0v) is 38.8. The van der Waals surface area contributed by atoms with Crippen molar-refractivity contribution in [3.63, 3.8) is 0 Å². The van der Waals surface area contributed by atoms with Gasteiger partial charge in [0.1, 0.15) is 36.3 Å². The molecule has 11 amide bonds. The zero-order valence-electron chi connectivity index (χ0n) is 38.8. The second-order valence-electron chi connectivity index (χ2n) is 15.0. The van der Waals surface area contributed by atoms with E-state index >= 15 is 0 Å². The van der Waals surface area contributed by atoms with E-state index in [0.29, 0.717) is 0 Å². The molecule has 32 nitrogen and oxygen atoms in total. The predicted molar refractivity (Wildman–Crippen MR) is 244 cm³/mol. The number of carbonyl (C=O) groups is 12. The number of carboxylic acids is 1. The molecule has 0 fully saturated rings. The fourth-order valence-electron chi connectivity index (χ4n) is 5.68. The van der Waals surface area contributed by atoms with Crippen LogP contribution in [0.2, 0.25) is 0 Å². The summed E-state index contributed by atoms with van der Waals surface area (Å²) in [6, 6.07) is -7.77. The van der Waals surface area contributed by atoms with Crippen molar-refractivity contribution in [3.8, 4) is 0 Å². The average Bonchev–Trinajstić information content (AvgIpc) is 3.31. The van der Waals surface area contributed by atoms with Gasteiger partial charge in [0, 0.05) is 13.0 Å². The molecule has 0 unspecified atom stereocenters. The van der Waals surface area contributed by atoms with Crippen molar-refractivity contribution in [2.24, 2.45) is 33.7 Å². The van der Waals surface area contributed by atoms with Crippen molar-refractivity contribution in [1.82, 2.24) is 58.5 Å². The van der Waals surface area contributed by atoms with Crippen molar-refractivity contribution < 1.29 is 72.9 Å². The summed E-state index contributed by atoms with van der Waals surface area (Å²) in [5.74, 6) is -11.3. The van der Waals surface area contributed by atoms with Gasteiger partial charge in [-0.1, -0.05) is 0 Å². The van der Waals surface area contributed by atoms with E-state index < -0.39 is 166 Å². The standard InChI is InChI=1S/C38H69N17O15/c1-44-25(19-57)37(70)50-16-28(60)53-22(7-4-12-45-38(42)43)35(68)48-14-27(59)52-20(5-2-10-39)33(66)46-13-26(58)51-21(6-3-11-40)34(67)47-15-29(61)54-23(8-9-31(63)64)36(69)49-17-30(62)55-24(18-56)32(41)65/h20-25,44,56-57H,2-19,39-40H2,1H3,(H2,41,65)(H,46,66)(H,47,67)(H,48,68)(H,49,69)(H,50,70)(H,51,58)(H,52,59)(H,53,60)(H,54,61)(H,55,62)(H,63,64)(H4,42,43,45)/t20-,21-,22-,23-,24-,25-/m0/s1. The van der Waals surface area contributed by atoms with Crippen LogP contribution in [0.25, 0.3) is 0 Å². The van der Waals surface area contributed by atoms with Crippen LogP contribution in [0.4, 0.5) is 0 Å². The molecule has 0 saturated heterocycles. The Morgan fingerprint density at radius 1 is 0.457 bits per heavy atom. The van der Waals surface area contributed by atoms with E-state index in [4.69, 9.17) is 38.9 Å². The highest BCUT2D eigenvalue weighted by Gasteiger charge is 2.28. The Morgan fingerprint density at radius 2 is 0.757 bits per heavy atom. The lowest BCUT2D eigenvalue weighted by Gasteiger charge is -2.21. The number of aliphatic carboxylic acids is 1. The fourth-order valence-corrected chi connectivity index (χ4v) is 5.68. The van der Waals surface area contributed by atoms with Gasteiger partial charge in [0.25, 0.3) is 0 Å². The van der Waals surface area contributed by atoms with Gasteiger partial charge in [0.15, 0.2) is 5.96 Å². The van der Waals surface area contributed by atoms with Gasteiger partial charge in [0.2, 0.25) is 65.0 Å². The van der Waals surface area contributed by atoms with Crippen LogP contribution in [0.5, 0.6) is 0 Å². The number of nitrogens with one attached hydrogen (secondary N) is 11. The SMILES string of the molecule is CN[C@@H](CO)C(=O)NCC(=O)N[C@@H](CCCN=C(N)N)C(=O)NCC(=O)N[C@@H](CCCN)C(=O)NCC(=O)N[C@@H](CCCN)C(=O)NCC(=O)N[C@@H](CCC(=O)O)C(=O)NCC(=O)N[C@@H](CO)C(N)=O. The quantitative estimate of drug-likeness (QED) is 0.0156. The Balaban J connectivity index is 5.54. The summed E-state index contributed by atoms with van der Waals surface area (Å²) in [6.07, 6.45) is -0.469. The maximum atomic E-state index is 13.2. The smallest absolute Gasteiger partial charge is 0.303 e. The van der Waals surface area contributed by atoms with Crippen LogP contribution in [0.15, 0.2) is 4.99 Å². The monoisotopic (exact) mass is 1000 g/mol. The number of likely N-dealkylation sites (N-methyl/N-ethyl adjacent to an activating group) is 1. The normalized spacial score (nSPS) is 13.2. The molecule has 24 N–H and O–H groups in total. The van der Waals surface area contributed by atoms with Gasteiger partial charge in [-0.15, -0.1) is 0 Å². The van der Waals surface area contributed by atoms with Crippen molar-refractivity contribution in [3.05, 3.63) is 0 Å². The number of aliphatic hydroxyl groups is 2. The molecule has 0 aromatic carbocycles. The largest absolute Gasteiger partial charge is 0.481 e. The third kappa shape index (κ3) is 28.1. The van der Waals surface area contributed by atoms with Crippen molar-refractivity contribution >= 4 is 76.9 Å². The van der Waals surface area contributed by atoms with Crippen LogP contribution in [-0.4, -0.2) is 201 Å². The Kier molecular flexibility index (Phi) is 32.1. The number of guanidine groups is 1. The molecule has 0 rings (SSSR count). The summed E-state index contributed by atoms with van der Waals surface area (Å²) in [5, 5.41) is 53.0. The molecular formula is C38H69N17O15. The number of rotatable bonds is 37. The first-order valence-corrected chi connectivity index (χ1v) is 21.8. The number of hydrogen-bond acceptors (Lipinski definition) is 18. The number of carboxylic acid groups (broad SMARTS) is 1. The predicted octanol–water partition coefficient (Wildman–Crippen LogP) is -11.6. The maximum absolute atomic E-state index is 13.2. The third-order valence-corrected chi connectivity index (χ3v) is 9.42. The number of nitrogens with two attached hydrogens (primary N) is 5. The highest BCUT2D eigenvalue weighted by Crippen LogP contribution is 2.02. The molecule has 0 heterocycles. The van der Waals surface area contributed by atoms with E-state index in [-0.39, 0.29) is 64.1 Å². The second-order valence-corrected chi connectivity index (χ2v) is 15.0. The first kappa shape index (κ1) is 62.7. The lowest BCUT2D eigenvalue weighted by molar-refractivity contribution is -0.138.